The minimum absolute atomic E-state index is 0. The summed E-state index contributed by atoms with van der Waals surface area (Å²) in [6.07, 6.45) is 0. The van der Waals surface area contributed by atoms with E-state index in [0.29, 0.717) is 0 Å². The van der Waals surface area contributed by atoms with Crippen molar-refractivity contribution >= 4 is 23.9 Å². The molecule has 0 aromatic rings. The zero-order valence-electron chi connectivity index (χ0n) is 16.2. The predicted molar refractivity (Wildman–Crippen MR) is 89.9 cm³/mol. The smallest absolute Gasteiger partial charge is 0.481 e. The second-order valence-corrected chi connectivity index (χ2v) is 5.97. The Hall–Kier alpha value is -1.24. The van der Waals surface area contributed by atoms with Crippen molar-refractivity contribution in [3.63, 3.8) is 0 Å². The third-order valence-electron chi connectivity index (χ3n) is 1.98. The van der Waals surface area contributed by atoms with Crippen molar-refractivity contribution in [2.24, 2.45) is 23.7 Å². The molecule has 0 aromatic carbocycles. The van der Waals surface area contributed by atoms with Crippen LogP contribution in [0.3, 0.4) is 0 Å². The van der Waals surface area contributed by atoms with Gasteiger partial charge in [0.25, 0.3) is 0 Å². The molecule has 0 aromatic heterocycles. The van der Waals surface area contributed by atoms with Crippen molar-refractivity contribution < 1.29 is 65.8 Å². The number of hydrogen-bond acceptors (Lipinski definition) is 4. The van der Waals surface area contributed by atoms with Crippen molar-refractivity contribution in [3.8, 4) is 0 Å². The number of rotatable bonds is 4. The van der Waals surface area contributed by atoms with Gasteiger partial charge in [-0.15, -0.1) is 0 Å². The third-order valence-corrected chi connectivity index (χ3v) is 1.98. The summed E-state index contributed by atoms with van der Waals surface area (Å²) in [5.74, 6) is -3.89. The zero-order valence-corrected chi connectivity index (χ0v) is 18.7. The van der Waals surface area contributed by atoms with E-state index in [1.54, 1.807) is 55.4 Å². The molecule has 0 radical (unpaired) electrons. The fourth-order valence-electron chi connectivity index (χ4n) is 0. The van der Waals surface area contributed by atoms with E-state index in [-0.39, 0.29) is 49.9 Å². The Morgan fingerprint density at radius 2 is 0.480 bits per heavy atom. The Morgan fingerprint density at radius 3 is 0.480 bits per heavy atom. The molecule has 0 aliphatic heterocycles. The SMILES string of the molecule is CC(C)C(=O)O.CC(C)C(=O)O.CC(C)C(=O)O.CC(C)C(=O)O.[Zr+4]. The maximum absolute atomic E-state index is 9.70. The molecule has 25 heavy (non-hydrogen) atoms. The molecule has 0 bridgehead atoms. The first-order chi connectivity index (χ1) is 10.6. The average Bonchev–Trinajstić information content (AvgIpc) is 2.40. The van der Waals surface area contributed by atoms with E-state index < -0.39 is 23.9 Å². The average molecular weight is 444 g/mol. The number of hydrogen-bond donors (Lipinski definition) is 4. The Bertz CT molecular complexity index is 304. The molecule has 4 N–H and O–H groups in total. The summed E-state index contributed by atoms with van der Waals surface area (Å²) < 4.78 is 0. The van der Waals surface area contributed by atoms with E-state index in [9.17, 15) is 19.2 Å². The Morgan fingerprint density at radius 1 is 0.440 bits per heavy atom. The summed E-state index contributed by atoms with van der Waals surface area (Å²) in [5.41, 5.74) is 0. The zero-order chi connectivity index (χ0) is 20.6. The molecule has 0 rings (SSSR count). The van der Waals surface area contributed by atoms with E-state index in [0.717, 1.165) is 0 Å². The molecule has 144 valence electrons. The fourth-order valence-corrected chi connectivity index (χ4v) is 0. The Kier molecular flexibility index (Phi) is 29.1. The summed E-state index contributed by atoms with van der Waals surface area (Å²) in [6.45, 7) is 13.1. The van der Waals surface area contributed by atoms with Gasteiger partial charge in [-0.25, -0.2) is 0 Å². The first-order valence-corrected chi connectivity index (χ1v) is 7.48. The van der Waals surface area contributed by atoms with E-state index >= 15 is 0 Å². The van der Waals surface area contributed by atoms with Crippen LogP contribution in [0.2, 0.25) is 0 Å². The van der Waals surface area contributed by atoms with Gasteiger partial charge in [0.1, 0.15) is 0 Å². The maximum Gasteiger partial charge on any atom is 4.00 e. The fraction of sp³-hybridized carbons (Fsp3) is 0.750. The van der Waals surface area contributed by atoms with Gasteiger partial charge >= 0.3 is 50.1 Å². The Labute approximate surface area is 168 Å². The van der Waals surface area contributed by atoms with E-state index in [4.69, 9.17) is 20.4 Å². The number of aliphatic carboxylic acids is 4. The summed E-state index contributed by atoms with van der Waals surface area (Å²) in [5, 5.41) is 32.0. The second kappa shape index (κ2) is 20.8. The Balaban J connectivity index is -0.0000000702. The summed E-state index contributed by atoms with van der Waals surface area (Å²) in [6, 6.07) is 0. The first kappa shape index (κ1) is 35.0. The molecule has 0 heterocycles. The molecular weight excluding hydrogens is 411 g/mol. The van der Waals surface area contributed by atoms with E-state index in [1.807, 2.05) is 0 Å². The molecule has 0 aliphatic rings. The minimum atomic E-state index is -0.741. The van der Waals surface area contributed by atoms with Gasteiger partial charge in [0.05, 0.1) is 23.7 Å². The molecule has 0 atom stereocenters. The molecule has 0 spiro atoms. The van der Waals surface area contributed by atoms with Gasteiger partial charge in [0.2, 0.25) is 0 Å². The molecule has 0 saturated carbocycles. The molecule has 9 heteroatoms. The molecule has 0 aliphatic carbocycles. The topological polar surface area (TPSA) is 149 Å². The van der Waals surface area contributed by atoms with E-state index in [1.165, 1.54) is 0 Å². The van der Waals surface area contributed by atoms with Gasteiger partial charge in [-0.3, -0.25) is 19.2 Å². The standard InChI is InChI=1S/4C4H8O2.Zr/c4*1-3(2)4(5)6;/h4*3H,1-2H3,(H,5,6);/q;;;;+4. The molecule has 0 unspecified atom stereocenters. The maximum atomic E-state index is 9.70. The van der Waals surface area contributed by atoms with Crippen molar-refractivity contribution in [1.29, 1.82) is 0 Å². The van der Waals surface area contributed by atoms with Crippen molar-refractivity contribution in [2.45, 2.75) is 55.4 Å². The van der Waals surface area contributed by atoms with Gasteiger partial charge in [-0.05, 0) is 0 Å². The van der Waals surface area contributed by atoms with Crippen molar-refractivity contribution in [2.75, 3.05) is 0 Å². The summed E-state index contributed by atoms with van der Waals surface area (Å²) >= 11 is 0. The molecule has 0 amide bonds. The summed E-state index contributed by atoms with van der Waals surface area (Å²) in [7, 11) is 0. The molecule has 8 nitrogen and oxygen atoms in total. The van der Waals surface area contributed by atoms with Crippen LogP contribution in [0.1, 0.15) is 55.4 Å². The van der Waals surface area contributed by atoms with Gasteiger partial charge in [0, 0.05) is 0 Å². The number of carbonyl (C=O) groups is 4. The van der Waals surface area contributed by atoms with Crippen LogP contribution in [0.5, 0.6) is 0 Å². The van der Waals surface area contributed by atoms with Crippen molar-refractivity contribution in [1.82, 2.24) is 0 Å². The van der Waals surface area contributed by atoms with E-state index in [2.05, 4.69) is 0 Å². The van der Waals surface area contributed by atoms with Crippen LogP contribution in [-0.4, -0.2) is 44.3 Å². The molecular formula is C16H32O8Zr+4. The third kappa shape index (κ3) is 45.0. The van der Waals surface area contributed by atoms with Gasteiger partial charge < -0.3 is 20.4 Å². The first-order valence-electron chi connectivity index (χ1n) is 7.48. The second-order valence-electron chi connectivity index (χ2n) is 5.97. The quantitative estimate of drug-likeness (QED) is 0.518. The van der Waals surface area contributed by atoms with Crippen molar-refractivity contribution in [3.05, 3.63) is 0 Å². The number of carboxylic acids is 4. The van der Waals surface area contributed by atoms with Crippen LogP contribution >= 0.6 is 0 Å². The van der Waals surface area contributed by atoms with Crippen LogP contribution in [0.4, 0.5) is 0 Å². The number of carboxylic acid groups (broad SMARTS) is 4. The normalized spacial score (nSPS) is 8.80. The van der Waals surface area contributed by atoms with Gasteiger partial charge in [0.15, 0.2) is 0 Å². The van der Waals surface area contributed by atoms with Crippen LogP contribution in [0.15, 0.2) is 0 Å². The van der Waals surface area contributed by atoms with Crippen LogP contribution in [0.25, 0.3) is 0 Å². The minimum Gasteiger partial charge on any atom is -0.481 e. The summed E-state index contributed by atoms with van der Waals surface area (Å²) in [4.78, 5) is 38.8. The monoisotopic (exact) mass is 442 g/mol. The predicted octanol–water partition coefficient (Wildman–Crippen LogP) is 2.91. The molecule has 0 saturated heterocycles. The van der Waals surface area contributed by atoms with Crippen LogP contribution in [-0.2, 0) is 45.4 Å². The van der Waals surface area contributed by atoms with Crippen LogP contribution in [0, 0.1) is 23.7 Å². The largest absolute Gasteiger partial charge is 4.00 e. The van der Waals surface area contributed by atoms with Gasteiger partial charge in [-0.2, -0.15) is 0 Å². The molecule has 0 fully saturated rings. The van der Waals surface area contributed by atoms with Crippen LogP contribution < -0.4 is 0 Å². The van der Waals surface area contributed by atoms with Gasteiger partial charge in [-0.1, -0.05) is 55.4 Å².